The molecule has 0 aliphatic carbocycles. The van der Waals surface area contributed by atoms with Gasteiger partial charge in [-0.05, 0) is 42.7 Å². The van der Waals surface area contributed by atoms with Crippen molar-refractivity contribution in [3.8, 4) is 0 Å². The van der Waals surface area contributed by atoms with Crippen molar-refractivity contribution in [1.29, 1.82) is 0 Å². The monoisotopic (exact) mass is 554 g/mol. The number of aromatic amines is 1. The Balaban J connectivity index is 1.53. The minimum absolute atomic E-state index is 0.0446. The molecule has 0 bridgehead atoms. The zero-order valence-corrected chi connectivity index (χ0v) is 21.5. The summed E-state index contributed by atoms with van der Waals surface area (Å²) in [5.41, 5.74) is 13.7. The summed E-state index contributed by atoms with van der Waals surface area (Å²) in [6.07, 6.45) is 1.48. The number of anilines is 3. The first kappa shape index (κ1) is 28.1. The van der Waals surface area contributed by atoms with Gasteiger partial charge >= 0.3 is 18.0 Å². The number of morpholine rings is 1. The second kappa shape index (κ2) is 12.3. The number of aromatic nitrogens is 3. The van der Waals surface area contributed by atoms with Gasteiger partial charge in [-0.3, -0.25) is 14.5 Å². The van der Waals surface area contributed by atoms with Crippen molar-refractivity contribution in [2.24, 2.45) is 0 Å². The average Bonchev–Trinajstić information content (AvgIpc) is 3.34. The van der Waals surface area contributed by atoms with E-state index in [1.165, 1.54) is 12.1 Å². The first-order valence-electron chi connectivity index (χ1n) is 12.5. The maximum absolute atomic E-state index is 13.5. The highest BCUT2D eigenvalue weighted by atomic mass is 16.5. The normalized spacial score (nSPS) is 14.1. The fourth-order valence-electron chi connectivity index (χ4n) is 4.39. The second-order valence-corrected chi connectivity index (χ2v) is 9.13. The van der Waals surface area contributed by atoms with Crippen LogP contribution in [0.5, 0.6) is 0 Å². The molecule has 40 heavy (non-hydrogen) atoms. The highest BCUT2D eigenvalue weighted by Gasteiger charge is 2.26. The maximum Gasteiger partial charge on any atom is 0.326 e. The van der Waals surface area contributed by atoms with Crippen molar-refractivity contribution < 1.29 is 34.1 Å². The molecule has 3 amide bonds. The molecule has 1 aliphatic rings. The van der Waals surface area contributed by atoms with Gasteiger partial charge in [0.25, 0.3) is 5.91 Å². The summed E-state index contributed by atoms with van der Waals surface area (Å²) in [6, 6.07) is 4.53. The number of H-pyrrole nitrogens is 1. The summed E-state index contributed by atoms with van der Waals surface area (Å²) in [7, 11) is 0. The zero-order chi connectivity index (χ0) is 28.8. The van der Waals surface area contributed by atoms with Gasteiger partial charge < -0.3 is 41.6 Å². The van der Waals surface area contributed by atoms with Crippen molar-refractivity contribution in [3.63, 3.8) is 0 Å². The number of urea groups is 1. The Hall–Kier alpha value is -4.92. The third kappa shape index (κ3) is 6.55. The molecule has 3 aromatic rings. The zero-order valence-electron chi connectivity index (χ0n) is 21.5. The van der Waals surface area contributed by atoms with Crippen LogP contribution < -0.4 is 21.7 Å². The Labute approximate surface area is 228 Å². The van der Waals surface area contributed by atoms with Crippen LogP contribution in [0.25, 0.3) is 11.0 Å². The van der Waals surface area contributed by atoms with Crippen molar-refractivity contribution in [2.45, 2.75) is 25.3 Å². The van der Waals surface area contributed by atoms with Crippen LogP contribution in [0.15, 0.2) is 30.5 Å². The van der Waals surface area contributed by atoms with E-state index in [1.54, 1.807) is 28.1 Å². The number of carboxylic acid groups (broad SMARTS) is 2. The molecule has 1 saturated heterocycles. The van der Waals surface area contributed by atoms with Gasteiger partial charge in [0.1, 0.15) is 17.5 Å². The van der Waals surface area contributed by atoms with E-state index in [0.717, 1.165) is 5.56 Å². The van der Waals surface area contributed by atoms with E-state index in [1.807, 2.05) is 0 Å². The number of fused-ring (bicyclic) bond motifs is 1. The number of nitrogens with two attached hydrogens (primary N) is 2. The lowest BCUT2D eigenvalue weighted by Crippen LogP contribution is -2.49. The quantitative estimate of drug-likeness (QED) is 0.204. The molecule has 1 aromatic carbocycles. The smallest absolute Gasteiger partial charge is 0.326 e. The number of nitrogens with one attached hydrogen (secondary N) is 2. The fourth-order valence-corrected chi connectivity index (χ4v) is 4.39. The number of amides is 3. The van der Waals surface area contributed by atoms with Crippen LogP contribution in [-0.4, -0.2) is 92.8 Å². The van der Waals surface area contributed by atoms with E-state index >= 15 is 0 Å². The van der Waals surface area contributed by atoms with Crippen molar-refractivity contribution in [2.75, 3.05) is 49.2 Å². The molecule has 4 rings (SSSR count). The third-order valence-corrected chi connectivity index (χ3v) is 6.47. The number of carbonyl (C=O) groups excluding carboxylic acids is 2. The Morgan fingerprint density at radius 1 is 1.10 bits per heavy atom. The molecule has 3 heterocycles. The number of carbonyl (C=O) groups is 4. The van der Waals surface area contributed by atoms with Crippen molar-refractivity contribution in [1.82, 2.24) is 25.2 Å². The molecular formula is C25H30N8O7. The van der Waals surface area contributed by atoms with E-state index in [9.17, 15) is 24.3 Å². The number of aliphatic carboxylic acids is 2. The Morgan fingerprint density at radius 3 is 2.45 bits per heavy atom. The summed E-state index contributed by atoms with van der Waals surface area (Å²) >= 11 is 0. The number of benzene rings is 1. The molecule has 0 unspecified atom stereocenters. The molecule has 0 saturated carbocycles. The number of nitrogen functional groups attached to an aromatic ring is 2. The van der Waals surface area contributed by atoms with Crippen LogP contribution in [0.4, 0.5) is 22.2 Å². The summed E-state index contributed by atoms with van der Waals surface area (Å²) in [5, 5.41) is 21.1. The molecule has 212 valence electrons. The summed E-state index contributed by atoms with van der Waals surface area (Å²) in [4.78, 5) is 62.9. The van der Waals surface area contributed by atoms with Crippen LogP contribution in [0.3, 0.4) is 0 Å². The maximum atomic E-state index is 13.5. The van der Waals surface area contributed by atoms with Gasteiger partial charge in [-0.15, -0.1) is 0 Å². The van der Waals surface area contributed by atoms with Gasteiger partial charge in [0.2, 0.25) is 5.95 Å². The van der Waals surface area contributed by atoms with Crippen LogP contribution in [0.2, 0.25) is 0 Å². The van der Waals surface area contributed by atoms with Crippen LogP contribution in [0, 0.1) is 0 Å². The Kier molecular flexibility index (Phi) is 8.63. The molecular weight excluding hydrogens is 524 g/mol. The minimum Gasteiger partial charge on any atom is -0.481 e. The van der Waals surface area contributed by atoms with Gasteiger partial charge in [0.05, 0.1) is 18.6 Å². The van der Waals surface area contributed by atoms with Crippen molar-refractivity contribution >= 4 is 52.4 Å². The standard InChI is InChI=1S/C25H30N8O7/c26-20-19-15(13-28-21(19)31-24(27)30-20)7-8-33(25(39)32-9-11-40-12-10-32)16-3-1-14(2-4-16)22(36)29-17(23(37)38)5-6-18(34)35/h1-4,13,17H,5-12H2,(H,29,36)(H,34,35)(H,37,38)(H5,26,27,28,30,31)/t17-/m0/s1. The van der Waals surface area contributed by atoms with E-state index in [0.29, 0.717) is 49.4 Å². The third-order valence-electron chi connectivity index (χ3n) is 6.47. The van der Waals surface area contributed by atoms with Crippen LogP contribution in [0.1, 0.15) is 28.8 Å². The molecule has 8 N–H and O–H groups in total. The highest BCUT2D eigenvalue weighted by Crippen LogP contribution is 2.25. The highest BCUT2D eigenvalue weighted by molar-refractivity contribution is 5.98. The number of carboxylic acids is 2. The predicted molar refractivity (Wildman–Crippen MR) is 144 cm³/mol. The molecule has 1 atom stereocenters. The van der Waals surface area contributed by atoms with E-state index in [-0.39, 0.29) is 36.3 Å². The van der Waals surface area contributed by atoms with Gasteiger partial charge in [0, 0.05) is 43.5 Å². The summed E-state index contributed by atoms with van der Waals surface area (Å²) in [5.74, 6) is -2.91. The number of rotatable bonds is 10. The average molecular weight is 555 g/mol. The van der Waals surface area contributed by atoms with Gasteiger partial charge in [0.15, 0.2) is 0 Å². The molecule has 1 aliphatic heterocycles. The van der Waals surface area contributed by atoms with E-state index in [2.05, 4.69) is 20.3 Å². The first-order chi connectivity index (χ1) is 19.1. The summed E-state index contributed by atoms with van der Waals surface area (Å²) in [6.45, 7) is 1.95. The Bertz CT molecular complexity index is 1400. The van der Waals surface area contributed by atoms with Crippen LogP contribution >= 0.6 is 0 Å². The first-order valence-corrected chi connectivity index (χ1v) is 12.5. The van der Waals surface area contributed by atoms with Crippen LogP contribution in [-0.2, 0) is 20.7 Å². The lowest BCUT2D eigenvalue weighted by Gasteiger charge is -2.33. The molecule has 15 heteroatoms. The number of ether oxygens (including phenoxy) is 1. The molecule has 2 aromatic heterocycles. The lowest BCUT2D eigenvalue weighted by molar-refractivity contribution is -0.140. The topological polar surface area (TPSA) is 230 Å². The largest absolute Gasteiger partial charge is 0.481 e. The van der Waals surface area contributed by atoms with Crippen molar-refractivity contribution in [3.05, 3.63) is 41.6 Å². The number of hydrogen-bond acceptors (Lipinski definition) is 9. The van der Waals surface area contributed by atoms with E-state index < -0.39 is 30.3 Å². The molecule has 15 nitrogen and oxygen atoms in total. The Morgan fingerprint density at radius 2 is 1.80 bits per heavy atom. The molecule has 1 fully saturated rings. The molecule has 0 spiro atoms. The predicted octanol–water partition coefficient (Wildman–Crippen LogP) is 0.671. The van der Waals surface area contributed by atoms with Gasteiger partial charge in [-0.1, -0.05) is 0 Å². The number of hydrogen-bond donors (Lipinski definition) is 6. The van der Waals surface area contributed by atoms with Gasteiger partial charge in [-0.2, -0.15) is 9.97 Å². The van der Waals surface area contributed by atoms with E-state index in [4.69, 9.17) is 21.3 Å². The number of nitrogens with zero attached hydrogens (tertiary/aromatic N) is 4. The summed E-state index contributed by atoms with van der Waals surface area (Å²) < 4.78 is 5.37. The lowest BCUT2D eigenvalue weighted by atomic mass is 10.1. The molecule has 0 radical (unpaired) electrons. The second-order valence-electron chi connectivity index (χ2n) is 9.13. The minimum atomic E-state index is -1.36. The van der Waals surface area contributed by atoms with Gasteiger partial charge in [-0.25, -0.2) is 9.59 Å². The fraction of sp³-hybridized carbons (Fsp3) is 0.360. The SMILES string of the molecule is Nc1nc(N)c2c(CCN(C(=O)N3CCOCC3)c3ccc(C(=O)N[C@@H](CCC(=O)O)C(=O)O)cc3)c[nH]c2n1.